The molecule has 0 radical (unpaired) electrons. The van der Waals surface area contributed by atoms with Crippen molar-refractivity contribution >= 4 is 17.5 Å². The van der Waals surface area contributed by atoms with Gasteiger partial charge >= 0.3 is 0 Å². The summed E-state index contributed by atoms with van der Waals surface area (Å²) < 4.78 is 0. The maximum atomic E-state index is 6.11. The topological polar surface area (TPSA) is 41.0 Å². The van der Waals surface area contributed by atoms with Crippen LogP contribution in [-0.4, -0.2) is 34.0 Å². The zero-order valence-electron chi connectivity index (χ0n) is 14.0. The average Bonchev–Trinajstić information content (AvgIpc) is 3.00. The van der Waals surface area contributed by atoms with Crippen LogP contribution >= 0.6 is 11.6 Å². The van der Waals surface area contributed by atoms with Crippen molar-refractivity contribution in [3.63, 3.8) is 0 Å². The van der Waals surface area contributed by atoms with Crippen molar-refractivity contribution in [3.8, 4) is 0 Å². The minimum atomic E-state index is 0.307. The van der Waals surface area contributed by atoms with Gasteiger partial charge in [0.25, 0.3) is 0 Å². The lowest BCUT2D eigenvalue weighted by atomic mass is 10.0. The summed E-state index contributed by atoms with van der Waals surface area (Å²) in [6.45, 7) is 7.76. The predicted octanol–water partition coefficient (Wildman–Crippen LogP) is 4.11. The lowest BCUT2D eigenvalue weighted by Gasteiger charge is -2.22. The van der Waals surface area contributed by atoms with E-state index in [4.69, 9.17) is 11.6 Å². The molecule has 5 heteroatoms. The third-order valence-corrected chi connectivity index (χ3v) is 4.75. The van der Waals surface area contributed by atoms with Crippen LogP contribution < -0.4 is 5.32 Å². The molecule has 2 heterocycles. The Balaban J connectivity index is 1.74. The first-order chi connectivity index (χ1) is 11.7. The van der Waals surface area contributed by atoms with Crippen LogP contribution in [-0.2, 0) is 6.42 Å². The zero-order chi connectivity index (χ0) is 16.9. The van der Waals surface area contributed by atoms with Gasteiger partial charge in [0.05, 0.1) is 16.9 Å². The number of hydrogen-bond donors (Lipinski definition) is 1. The molecular formula is C19H23ClN4. The highest BCUT2D eigenvalue weighted by Crippen LogP contribution is 2.33. The normalized spacial score (nSPS) is 20.9. The van der Waals surface area contributed by atoms with E-state index < -0.39 is 0 Å². The van der Waals surface area contributed by atoms with E-state index in [1.165, 1.54) is 5.56 Å². The number of nitrogens with zero attached hydrogens (tertiary/aromatic N) is 3. The number of nitrogens with one attached hydrogen (secondary N) is 1. The zero-order valence-corrected chi connectivity index (χ0v) is 14.7. The summed E-state index contributed by atoms with van der Waals surface area (Å²) >= 11 is 6.11. The van der Waals surface area contributed by atoms with Gasteiger partial charge in [0.15, 0.2) is 0 Å². The Labute approximate surface area is 148 Å². The number of halogens is 1. The van der Waals surface area contributed by atoms with Crippen LogP contribution in [0.1, 0.15) is 30.6 Å². The van der Waals surface area contributed by atoms with Gasteiger partial charge in [-0.1, -0.05) is 54.9 Å². The van der Waals surface area contributed by atoms with E-state index in [0.717, 1.165) is 31.6 Å². The van der Waals surface area contributed by atoms with Gasteiger partial charge in [0, 0.05) is 25.2 Å². The third-order valence-electron chi connectivity index (χ3n) is 4.44. The fourth-order valence-electron chi connectivity index (χ4n) is 3.30. The van der Waals surface area contributed by atoms with Crippen molar-refractivity contribution in [2.45, 2.75) is 31.8 Å². The van der Waals surface area contributed by atoms with Crippen molar-refractivity contribution in [1.29, 1.82) is 0 Å². The van der Waals surface area contributed by atoms with Crippen LogP contribution in [0.25, 0.3) is 0 Å². The van der Waals surface area contributed by atoms with Crippen LogP contribution in [0.15, 0.2) is 49.2 Å². The number of anilines is 1. The first-order valence-electron chi connectivity index (χ1n) is 8.39. The molecule has 1 aromatic carbocycles. The predicted molar refractivity (Wildman–Crippen MR) is 99.4 cm³/mol. The second-order valence-electron chi connectivity index (χ2n) is 6.09. The molecule has 4 nitrogen and oxygen atoms in total. The molecule has 3 rings (SSSR count). The van der Waals surface area contributed by atoms with Gasteiger partial charge in [-0.15, -0.1) is 6.58 Å². The van der Waals surface area contributed by atoms with Crippen LogP contribution in [0.3, 0.4) is 0 Å². The van der Waals surface area contributed by atoms with Gasteiger partial charge in [-0.05, 0) is 18.4 Å². The molecule has 0 spiro atoms. The highest BCUT2D eigenvalue weighted by atomic mass is 35.5. The van der Waals surface area contributed by atoms with Gasteiger partial charge in [0.2, 0.25) is 5.95 Å². The Hall–Kier alpha value is -1.91. The van der Waals surface area contributed by atoms with Crippen LogP contribution in [0, 0.1) is 0 Å². The van der Waals surface area contributed by atoms with Crippen molar-refractivity contribution in [1.82, 2.24) is 14.9 Å². The lowest BCUT2D eigenvalue weighted by Crippen LogP contribution is -2.28. The molecule has 1 saturated heterocycles. The van der Waals surface area contributed by atoms with Gasteiger partial charge in [-0.2, -0.15) is 0 Å². The Morgan fingerprint density at radius 1 is 1.38 bits per heavy atom. The number of aryl methyl sites for hydroxylation is 1. The molecule has 2 aromatic rings. The molecule has 0 amide bonds. The van der Waals surface area contributed by atoms with Gasteiger partial charge in [-0.3, -0.25) is 4.90 Å². The molecule has 0 bridgehead atoms. The summed E-state index contributed by atoms with van der Waals surface area (Å²) in [7, 11) is 0. The molecule has 1 aliphatic rings. The van der Waals surface area contributed by atoms with E-state index in [1.54, 1.807) is 6.20 Å². The molecule has 1 aromatic heterocycles. The average molecular weight is 343 g/mol. The molecular weight excluding hydrogens is 320 g/mol. The molecule has 1 aliphatic heterocycles. The van der Waals surface area contributed by atoms with Crippen molar-refractivity contribution < 1.29 is 0 Å². The fraction of sp³-hybridized carbons (Fsp3) is 0.368. The second-order valence-corrected chi connectivity index (χ2v) is 6.50. The Bertz CT molecular complexity index is 689. The fourth-order valence-corrected chi connectivity index (χ4v) is 3.52. The van der Waals surface area contributed by atoms with E-state index in [2.05, 4.69) is 57.1 Å². The molecule has 2 atom stereocenters. The van der Waals surface area contributed by atoms with E-state index in [-0.39, 0.29) is 0 Å². The van der Waals surface area contributed by atoms with Crippen molar-refractivity contribution in [2.75, 3.05) is 18.4 Å². The summed E-state index contributed by atoms with van der Waals surface area (Å²) in [6.07, 6.45) is 5.47. The molecule has 2 unspecified atom stereocenters. The Kier molecular flexibility index (Phi) is 5.48. The highest BCUT2D eigenvalue weighted by molar-refractivity contribution is 6.31. The lowest BCUT2D eigenvalue weighted by molar-refractivity contribution is 0.285. The number of rotatable bonds is 6. The van der Waals surface area contributed by atoms with Gasteiger partial charge < -0.3 is 5.32 Å². The quantitative estimate of drug-likeness (QED) is 0.802. The van der Waals surface area contributed by atoms with Crippen LogP contribution in [0.5, 0.6) is 0 Å². The smallest absolute Gasteiger partial charge is 0.223 e. The minimum Gasteiger partial charge on any atom is -0.350 e. The maximum Gasteiger partial charge on any atom is 0.223 e. The standard InChI is InChI=1S/C19H23ClN4/c1-3-10-24-13-15(11-18(24)14-8-6-5-7-9-14)22-19-21-12-16(20)17(4-2)23-19/h3,5-9,12,15,18H,1,4,10-11,13H2,2H3,(H,21,22,23). The summed E-state index contributed by atoms with van der Waals surface area (Å²) in [6, 6.07) is 11.3. The molecule has 126 valence electrons. The van der Waals surface area contributed by atoms with Crippen molar-refractivity contribution in [3.05, 3.63) is 65.5 Å². The summed E-state index contributed by atoms with van der Waals surface area (Å²) in [5.41, 5.74) is 2.23. The molecule has 24 heavy (non-hydrogen) atoms. The first-order valence-corrected chi connectivity index (χ1v) is 8.77. The summed E-state index contributed by atoms with van der Waals surface area (Å²) in [4.78, 5) is 11.3. The number of likely N-dealkylation sites (tertiary alicyclic amines) is 1. The highest BCUT2D eigenvalue weighted by Gasteiger charge is 2.32. The van der Waals surface area contributed by atoms with Crippen molar-refractivity contribution in [2.24, 2.45) is 0 Å². The Morgan fingerprint density at radius 3 is 2.88 bits per heavy atom. The van der Waals surface area contributed by atoms with E-state index in [1.807, 2.05) is 13.0 Å². The second kappa shape index (κ2) is 7.77. The van der Waals surface area contributed by atoms with E-state index >= 15 is 0 Å². The monoisotopic (exact) mass is 342 g/mol. The summed E-state index contributed by atoms with van der Waals surface area (Å²) in [5, 5.41) is 4.10. The number of benzene rings is 1. The Morgan fingerprint density at radius 2 is 2.17 bits per heavy atom. The number of aromatic nitrogens is 2. The molecule has 0 saturated carbocycles. The SMILES string of the molecule is C=CCN1CC(Nc2ncc(Cl)c(CC)n2)CC1c1ccccc1. The minimum absolute atomic E-state index is 0.307. The van der Waals surface area contributed by atoms with E-state index in [9.17, 15) is 0 Å². The number of hydrogen-bond acceptors (Lipinski definition) is 4. The van der Waals surface area contributed by atoms with E-state index in [0.29, 0.717) is 23.1 Å². The summed E-state index contributed by atoms with van der Waals surface area (Å²) in [5.74, 6) is 0.661. The molecule has 0 aliphatic carbocycles. The van der Waals surface area contributed by atoms with Crippen LogP contribution in [0.2, 0.25) is 5.02 Å². The largest absolute Gasteiger partial charge is 0.350 e. The van der Waals surface area contributed by atoms with Gasteiger partial charge in [-0.25, -0.2) is 9.97 Å². The third kappa shape index (κ3) is 3.77. The maximum absolute atomic E-state index is 6.11. The molecule has 1 N–H and O–H groups in total. The first kappa shape index (κ1) is 16.9. The molecule has 1 fully saturated rings. The van der Waals surface area contributed by atoms with Crippen LogP contribution in [0.4, 0.5) is 5.95 Å². The van der Waals surface area contributed by atoms with Gasteiger partial charge in [0.1, 0.15) is 0 Å².